The molecule has 2 atom stereocenters. The number of rotatable bonds is 6. The van der Waals surface area contributed by atoms with Gasteiger partial charge in [-0.15, -0.1) is 11.3 Å². The lowest BCUT2D eigenvalue weighted by Gasteiger charge is -2.17. The molecule has 0 unspecified atom stereocenters. The first kappa shape index (κ1) is 15.6. The number of sulfonamides is 1. The summed E-state index contributed by atoms with van der Waals surface area (Å²) in [5, 5.41) is 9.76. The van der Waals surface area contributed by atoms with Gasteiger partial charge in [0.2, 0.25) is 10.0 Å². The van der Waals surface area contributed by atoms with Crippen molar-refractivity contribution in [1.82, 2.24) is 4.72 Å². The molecule has 2 N–H and O–H groups in total. The summed E-state index contributed by atoms with van der Waals surface area (Å²) in [5.74, 6) is 0.0829. The van der Waals surface area contributed by atoms with E-state index in [1.165, 1.54) is 11.3 Å². The first-order chi connectivity index (χ1) is 8.27. The molecule has 0 spiro atoms. The third-order valence-corrected chi connectivity index (χ3v) is 6.24. The second-order valence-corrected chi connectivity index (χ2v) is 7.86. The molecule has 6 heteroatoms. The van der Waals surface area contributed by atoms with Crippen LogP contribution < -0.4 is 4.72 Å². The Morgan fingerprint density at radius 3 is 2.50 bits per heavy atom. The van der Waals surface area contributed by atoms with Crippen molar-refractivity contribution < 1.29 is 13.5 Å². The predicted octanol–water partition coefficient (Wildman–Crippen LogP) is 2.05. The molecular formula is C12H21NO3S2. The van der Waals surface area contributed by atoms with Crippen molar-refractivity contribution in [3.8, 4) is 0 Å². The van der Waals surface area contributed by atoms with Crippen LogP contribution in [0.15, 0.2) is 10.3 Å². The molecule has 1 heterocycles. The molecule has 0 fully saturated rings. The summed E-state index contributed by atoms with van der Waals surface area (Å²) >= 11 is 1.26. The Bertz CT molecular complexity index is 474. The van der Waals surface area contributed by atoms with E-state index in [0.29, 0.717) is 4.21 Å². The number of nitrogens with one attached hydrogen (secondary N) is 1. The van der Waals surface area contributed by atoms with Gasteiger partial charge >= 0.3 is 0 Å². The van der Waals surface area contributed by atoms with E-state index in [9.17, 15) is 13.5 Å². The van der Waals surface area contributed by atoms with Gasteiger partial charge in [0.1, 0.15) is 4.21 Å². The lowest BCUT2D eigenvalue weighted by molar-refractivity contribution is 0.118. The van der Waals surface area contributed by atoms with Crippen LogP contribution in [0.4, 0.5) is 0 Å². The van der Waals surface area contributed by atoms with Crippen molar-refractivity contribution in [3.05, 3.63) is 16.5 Å². The zero-order valence-electron chi connectivity index (χ0n) is 11.2. The fourth-order valence-electron chi connectivity index (χ4n) is 1.41. The number of thiophene rings is 1. The van der Waals surface area contributed by atoms with Crippen molar-refractivity contribution in [2.24, 2.45) is 5.92 Å². The molecule has 0 aliphatic carbocycles. The van der Waals surface area contributed by atoms with E-state index < -0.39 is 16.1 Å². The fourth-order valence-corrected chi connectivity index (χ4v) is 4.02. The second kappa shape index (κ2) is 6.14. The van der Waals surface area contributed by atoms with E-state index in [0.717, 1.165) is 16.9 Å². The highest BCUT2D eigenvalue weighted by Crippen LogP contribution is 2.24. The van der Waals surface area contributed by atoms with Crippen molar-refractivity contribution >= 4 is 21.4 Å². The smallest absolute Gasteiger partial charge is 0.250 e. The minimum Gasteiger partial charge on any atom is -0.391 e. The van der Waals surface area contributed by atoms with Crippen LogP contribution in [0.1, 0.15) is 30.7 Å². The molecule has 0 saturated carbocycles. The van der Waals surface area contributed by atoms with E-state index >= 15 is 0 Å². The first-order valence-electron chi connectivity index (χ1n) is 6.02. The van der Waals surface area contributed by atoms with Crippen molar-refractivity contribution in [1.29, 1.82) is 0 Å². The molecule has 0 aliphatic heterocycles. The van der Waals surface area contributed by atoms with Gasteiger partial charge in [-0.1, -0.05) is 20.3 Å². The van der Waals surface area contributed by atoms with Gasteiger partial charge in [0, 0.05) is 11.4 Å². The quantitative estimate of drug-likeness (QED) is 0.843. The number of hydrogen-bond acceptors (Lipinski definition) is 4. The van der Waals surface area contributed by atoms with Gasteiger partial charge in [0.15, 0.2) is 0 Å². The third-order valence-electron chi connectivity index (χ3n) is 3.19. The van der Waals surface area contributed by atoms with Crippen LogP contribution in [-0.2, 0) is 10.0 Å². The Balaban J connectivity index is 2.71. The summed E-state index contributed by atoms with van der Waals surface area (Å²) in [7, 11) is -3.49. The maximum Gasteiger partial charge on any atom is 0.250 e. The molecular weight excluding hydrogens is 270 g/mol. The predicted molar refractivity (Wildman–Crippen MR) is 74.4 cm³/mol. The average Bonchev–Trinajstić information content (AvgIpc) is 2.66. The monoisotopic (exact) mass is 291 g/mol. The molecule has 4 nitrogen and oxygen atoms in total. The van der Waals surface area contributed by atoms with E-state index in [1.807, 2.05) is 27.7 Å². The fraction of sp³-hybridized carbons (Fsp3) is 0.667. The van der Waals surface area contributed by atoms with Crippen LogP contribution in [0, 0.1) is 19.8 Å². The summed E-state index contributed by atoms with van der Waals surface area (Å²) in [5.41, 5.74) is 0.975. The summed E-state index contributed by atoms with van der Waals surface area (Å²) < 4.78 is 26.8. The Labute approximate surface area is 113 Å². The third kappa shape index (κ3) is 3.78. The molecule has 0 radical (unpaired) electrons. The Kier molecular flexibility index (Phi) is 5.33. The molecule has 1 rings (SSSR count). The van der Waals surface area contributed by atoms with Gasteiger partial charge in [0.25, 0.3) is 0 Å². The number of aliphatic hydroxyl groups is 1. The summed E-state index contributed by atoms with van der Waals surface area (Å²) in [6.07, 6.45) is 0.173. The number of aliphatic hydroxyl groups excluding tert-OH is 1. The van der Waals surface area contributed by atoms with Gasteiger partial charge in [-0.3, -0.25) is 0 Å². The van der Waals surface area contributed by atoms with Crippen LogP contribution in [0.2, 0.25) is 0 Å². The largest absolute Gasteiger partial charge is 0.391 e. The standard InChI is InChI=1S/C12H21NO3S2/c1-5-8(2)11(14)7-13-18(15,16)12-6-9(3)10(4)17-12/h6,8,11,13-14H,5,7H2,1-4H3/t8-,11-/m0/s1. The minimum absolute atomic E-state index is 0.0628. The number of hydrogen-bond donors (Lipinski definition) is 2. The van der Waals surface area contributed by atoms with Crippen LogP contribution in [0.25, 0.3) is 0 Å². The van der Waals surface area contributed by atoms with Gasteiger partial charge in [0.05, 0.1) is 6.10 Å². The van der Waals surface area contributed by atoms with Gasteiger partial charge in [-0.05, 0) is 31.4 Å². The zero-order chi connectivity index (χ0) is 13.9. The lowest BCUT2D eigenvalue weighted by atomic mass is 10.0. The second-order valence-electron chi connectivity index (χ2n) is 4.61. The van der Waals surface area contributed by atoms with Gasteiger partial charge in [-0.25, -0.2) is 13.1 Å². The lowest BCUT2D eigenvalue weighted by Crippen LogP contribution is -2.35. The van der Waals surface area contributed by atoms with Crippen molar-refractivity contribution in [2.45, 2.75) is 44.4 Å². The van der Waals surface area contributed by atoms with Crippen LogP contribution >= 0.6 is 11.3 Å². The van der Waals surface area contributed by atoms with Crippen LogP contribution in [0.5, 0.6) is 0 Å². The Morgan fingerprint density at radius 2 is 2.06 bits per heavy atom. The van der Waals surface area contributed by atoms with Crippen molar-refractivity contribution in [2.75, 3.05) is 6.54 Å². The van der Waals surface area contributed by atoms with Crippen molar-refractivity contribution in [3.63, 3.8) is 0 Å². The maximum absolute atomic E-state index is 12.0. The molecule has 18 heavy (non-hydrogen) atoms. The van der Waals surface area contributed by atoms with Crippen LogP contribution in [0.3, 0.4) is 0 Å². The number of aryl methyl sites for hydroxylation is 2. The van der Waals surface area contributed by atoms with E-state index in [1.54, 1.807) is 6.07 Å². The molecule has 0 amide bonds. The van der Waals surface area contributed by atoms with Crippen LogP contribution in [-0.4, -0.2) is 26.2 Å². The highest BCUT2D eigenvalue weighted by molar-refractivity contribution is 7.91. The molecule has 0 aliphatic rings. The molecule has 0 aromatic carbocycles. The summed E-state index contributed by atoms with van der Waals surface area (Å²) in [6, 6.07) is 1.66. The highest BCUT2D eigenvalue weighted by Gasteiger charge is 2.20. The molecule has 1 aromatic heterocycles. The Morgan fingerprint density at radius 1 is 1.44 bits per heavy atom. The topological polar surface area (TPSA) is 66.4 Å². The van der Waals surface area contributed by atoms with E-state index in [-0.39, 0.29) is 12.5 Å². The van der Waals surface area contributed by atoms with Gasteiger partial charge in [-0.2, -0.15) is 0 Å². The Hall–Kier alpha value is -0.430. The SMILES string of the molecule is CC[C@H](C)[C@@H](O)CNS(=O)(=O)c1cc(C)c(C)s1. The molecule has 1 aromatic rings. The summed E-state index contributed by atoms with van der Waals surface area (Å²) in [6.45, 7) is 7.71. The molecule has 104 valence electrons. The molecule has 0 bridgehead atoms. The minimum atomic E-state index is -3.49. The summed E-state index contributed by atoms with van der Waals surface area (Å²) in [4.78, 5) is 0.998. The highest BCUT2D eigenvalue weighted by atomic mass is 32.2. The average molecular weight is 291 g/mol. The maximum atomic E-state index is 12.0. The van der Waals surface area contributed by atoms with E-state index in [2.05, 4.69) is 4.72 Å². The molecule has 0 saturated heterocycles. The van der Waals surface area contributed by atoms with E-state index in [4.69, 9.17) is 0 Å². The van der Waals surface area contributed by atoms with Gasteiger partial charge < -0.3 is 5.11 Å². The first-order valence-corrected chi connectivity index (χ1v) is 8.32. The normalized spacial score (nSPS) is 15.6. The zero-order valence-corrected chi connectivity index (χ0v) is 12.9.